The molecule has 0 aromatic carbocycles. The second-order valence-corrected chi connectivity index (χ2v) is 8.30. The first-order valence-electron chi connectivity index (χ1n) is 7.87. The third-order valence-electron chi connectivity index (χ3n) is 4.18. The Hall–Kier alpha value is -2.29. The van der Waals surface area contributed by atoms with E-state index < -0.39 is 15.8 Å². The van der Waals surface area contributed by atoms with Crippen LogP contribution in [0.4, 0.5) is 5.82 Å². The molecule has 1 aromatic rings. The number of carbonyl (C=O) groups is 2. The molecule has 0 atom stereocenters. The van der Waals surface area contributed by atoms with E-state index in [0.717, 1.165) is 0 Å². The van der Waals surface area contributed by atoms with Gasteiger partial charge in [0.2, 0.25) is 5.91 Å². The Morgan fingerprint density at radius 2 is 1.92 bits per heavy atom. The molecule has 1 amide bonds. The summed E-state index contributed by atoms with van der Waals surface area (Å²) in [5.41, 5.74) is 0.455. The highest BCUT2D eigenvalue weighted by atomic mass is 32.2. The third-order valence-corrected chi connectivity index (χ3v) is 5.86. The predicted octanol–water partition coefficient (Wildman–Crippen LogP) is 1.20. The van der Waals surface area contributed by atoms with Gasteiger partial charge in [0.25, 0.3) is 0 Å². The van der Waals surface area contributed by atoms with Crippen molar-refractivity contribution in [1.82, 2.24) is 9.97 Å². The van der Waals surface area contributed by atoms with Gasteiger partial charge < -0.3 is 10.1 Å². The van der Waals surface area contributed by atoms with Gasteiger partial charge in [-0.25, -0.2) is 23.2 Å². The first-order valence-corrected chi connectivity index (χ1v) is 9.83. The van der Waals surface area contributed by atoms with E-state index in [1.165, 1.54) is 31.8 Å². The quantitative estimate of drug-likeness (QED) is 0.614. The average molecular weight is 367 g/mol. The normalized spacial score (nSPS) is 21.0. The lowest BCUT2D eigenvalue weighted by molar-refractivity contribution is -0.134. The summed E-state index contributed by atoms with van der Waals surface area (Å²) in [6.45, 7) is 0. The van der Waals surface area contributed by atoms with Crippen LogP contribution in [0.15, 0.2) is 18.5 Å². The maximum absolute atomic E-state index is 12.3. The van der Waals surface area contributed by atoms with Crippen molar-refractivity contribution in [3.8, 4) is 0 Å². The highest BCUT2D eigenvalue weighted by Gasteiger charge is 2.31. The molecule has 1 aliphatic rings. The van der Waals surface area contributed by atoms with Gasteiger partial charge in [-0.1, -0.05) is 0 Å². The molecule has 0 aliphatic heterocycles. The Labute approximate surface area is 146 Å². The molecule has 1 aromatic heterocycles. The molecule has 2 rings (SSSR count). The summed E-state index contributed by atoms with van der Waals surface area (Å²) in [4.78, 5) is 31.4. The zero-order valence-corrected chi connectivity index (χ0v) is 15.0. The van der Waals surface area contributed by atoms with Crippen molar-refractivity contribution in [2.75, 3.05) is 18.7 Å². The van der Waals surface area contributed by atoms with Gasteiger partial charge in [-0.2, -0.15) is 0 Å². The van der Waals surface area contributed by atoms with Gasteiger partial charge in [-0.15, -0.1) is 0 Å². The van der Waals surface area contributed by atoms with Crippen LogP contribution in [0.25, 0.3) is 6.08 Å². The fourth-order valence-corrected chi connectivity index (χ4v) is 3.86. The van der Waals surface area contributed by atoms with Crippen LogP contribution in [0.1, 0.15) is 31.4 Å². The number of amides is 1. The van der Waals surface area contributed by atoms with Crippen molar-refractivity contribution in [3.63, 3.8) is 0 Å². The van der Waals surface area contributed by atoms with Gasteiger partial charge >= 0.3 is 5.97 Å². The Kier molecular flexibility index (Phi) is 6.24. The highest BCUT2D eigenvalue weighted by Crippen LogP contribution is 2.29. The van der Waals surface area contributed by atoms with Gasteiger partial charge in [0.15, 0.2) is 0 Å². The zero-order valence-electron chi connectivity index (χ0n) is 14.1. The SMILES string of the molecule is COC(=O)/C=C/c1cc(NC(=O)C2CCC(S(C)(=O)=O)CC2)ncn1. The summed E-state index contributed by atoms with van der Waals surface area (Å²) >= 11 is 0. The van der Waals surface area contributed by atoms with Gasteiger partial charge in [0.1, 0.15) is 22.0 Å². The van der Waals surface area contributed by atoms with E-state index in [1.54, 1.807) is 6.07 Å². The van der Waals surface area contributed by atoms with Crippen LogP contribution >= 0.6 is 0 Å². The van der Waals surface area contributed by atoms with E-state index in [1.807, 2.05) is 0 Å². The van der Waals surface area contributed by atoms with Gasteiger partial charge in [0.05, 0.1) is 18.1 Å². The molecule has 25 heavy (non-hydrogen) atoms. The van der Waals surface area contributed by atoms with Crippen LogP contribution in [-0.2, 0) is 24.2 Å². The molecule has 0 unspecified atom stereocenters. The van der Waals surface area contributed by atoms with Gasteiger partial charge in [0, 0.05) is 24.3 Å². The van der Waals surface area contributed by atoms with Crippen molar-refractivity contribution in [1.29, 1.82) is 0 Å². The summed E-state index contributed by atoms with van der Waals surface area (Å²) in [6, 6.07) is 1.54. The number of nitrogens with zero attached hydrogens (tertiary/aromatic N) is 2. The summed E-state index contributed by atoms with van der Waals surface area (Å²) in [7, 11) is -1.78. The predicted molar refractivity (Wildman–Crippen MR) is 92.3 cm³/mol. The number of hydrogen-bond acceptors (Lipinski definition) is 7. The summed E-state index contributed by atoms with van der Waals surface area (Å²) in [5.74, 6) is -0.600. The lowest BCUT2D eigenvalue weighted by Crippen LogP contribution is -2.32. The van der Waals surface area contributed by atoms with Crippen molar-refractivity contribution in [2.24, 2.45) is 5.92 Å². The van der Waals surface area contributed by atoms with Crippen LogP contribution in [0.5, 0.6) is 0 Å². The topological polar surface area (TPSA) is 115 Å². The van der Waals surface area contributed by atoms with E-state index >= 15 is 0 Å². The largest absolute Gasteiger partial charge is 0.466 e. The molecular formula is C16H21N3O5S. The van der Waals surface area contributed by atoms with Crippen LogP contribution in [0.3, 0.4) is 0 Å². The van der Waals surface area contributed by atoms with Gasteiger partial charge in [-0.05, 0) is 31.8 Å². The van der Waals surface area contributed by atoms with Crippen molar-refractivity contribution in [3.05, 3.63) is 24.2 Å². The summed E-state index contributed by atoms with van der Waals surface area (Å²) in [6.07, 6.45) is 7.26. The number of rotatable bonds is 5. The maximum Gasteiger partial charge on any atom is 0.330 e. The second kappa shape index (κ2) is 8.19. The number of esters is 1. The molecule has 1 aliphatic carbocycles. The second-order valence-electron chi connectivity index (χ2n) is 5.98. The molecule has 1 saturated carbocycles. The molecule has 136 valence electrons. The minimum atomic E-state index is -3.05. The maximum atomic E-state index is 12.3. The molecule has 0 saturated heterocycles. The average Bonchev–Trinajstić information content (AvgIpc) is 2.59. The van der Waals surface area contributed by atoms with Crippen molar-refractivity contribution >= 4 is 33.6 Å². The molecule has 1 heterocycles. The lowest BCUT2D eigenvalue weighted by atomic mass is 9.88. The Morgan fingerprint density at radius 1 is 1.24 bits per heavy atom. The molecule has 9 heteroatoms. The number of anilines is 1. The first kappa shape index (κ1) is 19.0. The van der Waals surface area contributed by atoms with Crippen LogP contribution in [0, 0.1) is 5.92 Å². The molecule has 8 nitrogen and oxygen atoms in total. The number of hydrogen-bond donors (Lipinski definition) is 1. The summed E-state index contributed by atoms with van der Waals surface area (Å²) in [5, 5.41) is 2.36. The van der Waals surface area contributed by atoms with Crippen molar-refractivity contribution in [2.45, 2.75) is 30.9 Å². The monoisotopic (exact) mass is 367 g/mol. The Balaban J connectivity index is 1.95. The number of nitrogens with one attached hydrogen (secondary N) is 1. The number of aromatic nitrogens is 2. The lowest BCUT2D eigenvalue weighted by Gasteiger charge is -2.26. The first-order chi connectivity index (χ1) is 11.8. The molecular weight excluding hydrogens is 346 g/mol. The minimum Gasteiger partial charge on any atom is -0.466 e. The van der Waals surface area contributed by atoms with E-state index in [0.29, 0.717) is 37.2 Å². The number of ether oxygens (including phenoxy) is 1. The van der Waals surface area contributed by atoms with E-state index in [2.05, 4.69) is 20.0 Å². The van der Waals surface area contributed by atoms with E-state index in [9.17, 15) is 18.0 Å². The fourth-order valence-electron chi connectivity index (χ4n) is 2.73. The Bertz CT molecular complexity index is 768. The van der Waals surface area contributed by atoms with Crippen molar-refractivity contribution < 1.29 is 22.7 Å². The molecule has 1 N–H and O–H groups in total. The zero-order chi connectivity index (χ0) is 18.4. The van der Waals surface area contributed by atoms with Gasteiger partial charge in [-0.3, -0.25) is 4.79 Å². The minimum absolute atomic E-state index is 0.187. The fraction of sp³-hybridized carbons (Fsp3) is 0.500. The smallest absolute Gasteiger partial charge is 0.330 e. The molecule has 1 fully saturated rings. The number of carbonyl (C=O) groups excluding carboxylic acids is 2. The number of methoxy groups -OCH3 is 1. The Morgan fingerprint density at radius 3 is 2.52 bits per heavy atom. The summed E-state index contributed by atoms with van der Waals surface area (Å²) < 4.78 is 27.6. The molecule has 0 radical (unpaired) electrons. The van der Waals surface area contributed by atoms with Crippen LogP contribution < -0.4 is 5.32 Å². The van der Waals surface area contributed by atoms with E-state index in [4.69, 9.17) is 0 Å². The third kappa shape index (κ3) is 5.63. The van der Waals surface area contributed by atoms with Crippen LogP contribution in [-0.4, -0.2) is 48.9 Å². The standard InChI is InChI=1S/C16H21N3O5S/c1-24-15(20)8-5-12-9-14(18-10-17-12)19-16(21)11-3-6-13(7-4-11)25(2,22)23/h5,8-11,13H,3-4,6-7H2,1-2H3,(H,17,18,19,21)/b8-5+. The highest BCUT2D eigenvalue weighted by molar-refractivity contribution is 7.91. The molecule has 0 bridgehead atoms. The van der Waals surface area contributed by atoms with Crippen LogP contribution in [0.2, 0.25) is 0 Å². The molecule has 0 spiro atoms. The van der Waals surface area contributed by atoms with E-state index in [-0.39, 0.29) is 17.1 Å². The number of sulfone groups is 1.